The Morgan fingerprint density at radius 3 is 2.35 bits per heavy atom. The van der Waals surface area contributed by atoms with E-state index in [0.29, 0.717) is 5.69 Å². The van der Waals surface area contributed by atoms with Gasteiger partial charge in [-0.15, -0.1) is 0 Å². The maximum atomic E-state index is 14.9. The highest BCUT2D eigenvalue weighted by atomic mass is 19.1. The largest absolute Gasteiger partial charge is 0.457 e. The maximum Gasteiger partial charge on any atom is 0.324 e. The second kappa shape index (κ2) is 11.5. The Labute approximate surface area is 227 Å². The monoisotopic (exact) mass is 550 g/mol. The third-order valence-electron chi connectivity index (χ3n) is 6.45. The number of carbonyl (C=O) groups is 2. The van der Waals surface area contributed by atoms with Crippen LogP contribution in [0.25, 0.3) is 5.69 Å². The number of amides is 3. The maximum absolute atomic E-state index is 14.9. The third-order valence-corrected chi connectivity index (χ3v) is 6.45. The highest BCUT2D eigenvalue weighted by molar-refractivity contribution is 5.99. The summed E-state index contributed by atoms with van der Waals surface area (Å²) in [6, 6.07) is 10.6. The van der Waals surface area contributed by atoms with Gasteiger partial charge in [-0.1, -0.05) is 12.8 Å². The van der Waals surface area contributed by atoms with Crippen molar-refractivity contribution in [2.45, 2.75) is 31.6 Å². The molecule has 2 aromatic carbocycles. The predicted octanol–water partition coefficient (Wildman–Crippen LogP) is 6.14. The molecule has 12 heteroatoms. The molecule has 0 saturated heterocycles. The van der Waals surface area contributed by atoms with E-state index in [1.165, 1.54) is 42.2 Å². The average molecular weight is 551 g/mol. The molecule has 9 nitrogen and oxygen atoms in total. The van der Waals surface area contributed by atoms with Crippen LogP contribution in [0.1, 0.15) is 47.8 Å². The molecule has 0 unspecified atom stereocenters. The Morgan fingerprint density at radius 2 is 1.65 bits per heavy atom. The number of halogens is 3. The molecular formula is C28H25F3N6O3. The molecule has 0 bridgehead atoms. The SMILES string of the molecule is CNC(=O)c1cc(Oc2ccc(NC(=O)Nc3cc(C4CCCC4)nn3-c3cc(F)cc(F)c3)c(F)c2)ccn1. The van der Waals surface area contributed by atoms with Crippen molar-refractivity contribution in [3.8, 4) is 17.2 Å². The first-order valence-electron chi connectivity index (χ1n) is 12.6. The summed E-state index contributed by atoms with van der Waals surface area (Å²) in [5.41, 5.74) is 0.789. The number of urea groups is 1. The Morgan fingerprint density at radius 1 is 0.925 bits per heavy atom. The molecule has 206 valence electrons. The molecule has 1 aliphatic carbocycles. The van der Waals surface area contributed by atoms with E-state index in [0.717, 1.165) is 49.9 Å². The lowest BCUT2D eigenvalue weighted by Gasteiger charge is -2.12. The molecule has 40 heavy (non-hydrogen) atoms. The lowest BCUT2D eigenvalue weighted by atomic mass is 10.0. The zero-order valence-corrected chi connectivity index (χ0v) is 21.4. The van der Waals surface area contributed by atoms with Gasteiger partial charge in [-0.2, -0.15) is 5.10 Å². The molecule has 4 aromatic rings. The van der Waals surface area contributed by atoms with Crippen molar-refractivity contribution in [3.63, 3.8) is 0 Å². The fourth-order valence-corrected chi connectivity index (χ4v) is 4.56. The number of hydrogen-bond acceptors (Lipinski definition) is 5. The van der Waals surface area contributed by atoms with E-state index in [4.69, 9.17) is 4.74 Å². The summed E-state index contributed by atoms with van der Waals surface area (Å²) in [4.78, 5) is 28.6. The first-order chi connectivity index (χ1) is 19.3. The number of nitrogens with zero attached hydrogens (tertiary/aromatic N) is 3. The van der Waals surface area contributed by atoms with Crippen LogP contribution in [0.5, 0.6) is 11.5 Å². The van der Waals surface area contributed by atoms with E-state index in [-0.39, 0.29) is 40.3 Å². The molecule has 3 amide bonds. The molecule has 1 fully saturated rings. The third kappa shape index (κ3) is 6.06. The van der Waals surface area contributed by atoms with Crippen molar-refractivity contribution < 1.29 is 27.5 Å². The number of benzene rings is 2. The molecule has 1 aliphatic rings. The molecule has 1 saturated carbocycles. The van der Waals surface area contributed by atoms with E-state index in [1.54, 1.807) is 6.07 Å². The van der Waals surface area contributed by atoms with E-state index < -0.39 is 29.4 Å². The van der Waals surface area contributed by atoms with Crippen LogP contribution in [0.3, 0.4) is 0 Å². The number of nitrogens with one attached hydrogen (secondary N) is 3. The standard InChI is InChI=1S/C28H25F3N6O3/c1-32-27(38)25-14-21(8-9-33-25)40-20-6-7-23(22(31)13-20)34-28(39)35-26-15-24(16-4-2-3-5-16)36-37(26)19-11-17(29)10-18(30)12-19/h6-16H,2-5H2,1H3,(H,32,38)(H2,34,35,39). The molecule has 2 aromatic heterocycles. The fraction of sp³-hybridized carbons (Fsp3) is 0.214. The molecule has 0 radical (unpaired) electrons. The van der Waals surface area contributed by atoms with Crippen molar-refractivity contribution in [2.24, 2.45) is 0 Å². The van der Waals surface area contributed by atoms with Gasteiger partial charge in [0.1, 0.15) is 40.5 Å². The normalized spacial score (nSPS) is 13.2. The van der Waals surface area contributed by atoms with Crippen LogP contribution < -0.4 is 20.7 Å². The number of hydrogen-bond donors (Lipinski definition) is 3. The van der Waals surface area contributed by atoms with Gasteiger partial charge in [-0.3, -0.25) is 15.1 Å². The molecule has 0 aliphatic heterocycles. The topological polar surface area (TPSA) is 110 Å². The lowest BCUT2D eigenvalue weighted by molar-refractivity contribution is 0.0957. The van der Waals surface area contributed by atoms with Crippen LogP contribution in [0.15, 0.2) is 60.8 Å². The van der Waals surface area contributed by atoms with Gasteiger partial charge in [0.2, 0.25) is 0 Å². The second-order valence-corrected chi connectivity index (χ2v) is 9.25. The minimum atomic E-state index is -0.788. The highest BCUT2D eigenvalue weighted by Gasteiger charge is 2.23. The second-order valence-electron chi connectivity index (χ2n) is 9.25. The van der Waals surface area contributed by atoms with E-state index in [9.17, 15) is 22.8 Å². The quantitative estimate of drug-likeness (QED) is 0.256. The molecule has 2 heterocycles. The van der Waals surface area contributed by atoms with Crippen LogP contribution >= 0.6 is 0 Å². The van der Waals surface area contributed by atoms with Crippen molar-refractivity contribution >= 4 is 23.4 Å². The van der Waals surface area contributed by atoms with E-state index in [2.05, 4.69) is 26.0 Å². The number of anilines is 2. The Bertz CT molecular complexity index is 1550. The van der Waals surface area contributed by atoms with Crippen molar-refractivity contribution in [1.82, 2.24) is 20.1 Å². The highest BCUT2D eigenvalue weighted by Crippen LogP contribution is 2.35. The zero-order valence-electron chi connectivity index (χ0n) is 21.4. The summed E-state index contributed by atoms with van der Waals surface area (Å²) >= 11 is 0. The van der Waals surface area contributed by atoms with Gasteiger partial charge in [-0.25, -0.2) is 22.6 Å². The molecule has 5 rings (SSSR count). The van der Waals surface area contributed by atoms with Gasteiger partial charge < -0.3 is 15.4 Å². The number of aromatic nitrogens is 3. The van der Waals surface area contributed by atoms with Crippen molar-refractivity contribution in [3.05, 3.63) is 89.6 Å². The molecule has 0 spiro atoms. The minimum absolute atomic E-state index is 0.0976. The van der Waals surface area contributed by atoms with Crippen molar-refractivity contribution in [2.75, 3.05) is 17.7 Å². The molecule has 3 N–H and O–H groups in total. The number of pyridine rings is 1. The van der Waals surface area contributed by atoms with E-state index >= 15 is 0 Å². The first-order valence-corrected chi connectivity index (χ1v) is 12.6. The Balaban J connectivity index is 1.32. The average Bonchev–Trinajstić information content (AvgIpc) is 3.60. The fourth-order valence-electron chi connectivity index (χ4n) is 4.56. The smallest absolute Gasteiger partial charge is 0.324 e. The van der Waals surface area contributed by atoms with Gasteiger partial charge in [0.05, 0.1) is 17.1 Å². The Hall–Kier alpha value is -4.87. The van der Waals surface area contributed by atoms with Crippen LogP contribution in [-0.2, 0) is 0 Å². The van der Waals surface area contributed by atoms with E-state index in [1.807, 2.05) is 0 Å². The lowest BCUT2D eigenvalue weighted by Crippen LogP contribution is -2.22. The summed E-state index contributed by atoms with van der Waals surface area (Å²) < 4.78 is 49.6. The van der Waals surface area contributed by atoms with Gasteiger partial charge in [0.15, 0.2) is 0 Å². The van der Waals surface area contributed by atoms with Gasteiger partial charge in [0, 0.05) is 43.4 Å². The number of ether oxygens (including phenoxy) is 1. The summed E-state index contributed by atoms with van der Waals surface area (Å²) in [7, 11) is 1.47. The summed E-state index contributed by atoms with van der Waals surface area (Å²) in [5, 5.41) is 12.0. The zero-order chi connectivity index (χ0) is 28.2. The predicted molar refractivity (Wildman–Crippen MR) is 141 cm³/mol. The summed E-state index contributed by atoms with van der Waals surface area (Å²) in [5.74, 6) is -2.01. The van der Waals surface area contributed by atoms with Crippen LogP contribution in [0.4, 0.5) is 29.5 Å². The van der Waals surface area contributed by atoms with Crippen LogP contribution in [0.2, 0.25) is 0 Å². The van der Waals surface area contributed by atoms with Gasteiger partial charge in [-0.05, 0) is 43.2 Å². The summed E-state index contributed by atoms with van der Waals surface area (Å²) in [6.07, 6.45) is 5.33. The summed E-state index contributed by atoms with van der Waals surface area (Å²) in [6.45, 7) is 0. The van der Waals surface area contributed by atoms with Crippen molar-refractivity contribution in [1.29, 1.82) is 0 Å². The molecule has 0 atom stereocenters. The minimum Gasteiger partial charge on any atom is -0.457 e. The Kier molecular flexibility index (Phi) is 7.67. The first kappa shape index (κ1) is 26.7. The number of carbonyl (C=O) groups excluding carboxylic acids is 2. The van der Waals surface area contributed by atoms with Gasteiger partial charge in [0.25, 0.3) is 5.91 Å². The molecular weight excluding hydrogens is 525 g/mol. The van der Waals surface area contributed by atoms with Crippen LogP contribution in [0, 0.1) is 17.5 Å². The number of rotatable bonds is 7. The van der Waals surface area contributed by atoms with Crippen LogP contribution in [-0.4, -0.2) is 33.8 Å². The van der Waals surface area contributed by atoms with Gasteiger partial charge >= 0.3 is 6.03 Å².